The van der Waals surface area contributed by atoms with Gasteiger partial charge in [0.2, 0.25) is 0 Å². The van der Waals surface area contributed by atoms with Crippen LogP contribution in [-0.2, 0) is 0 Å². The van der Waals surface area contributed by atoms with Crippen LogP contribution in [0.15, 0.2) is 18.2 Å². The number of aliphatic hydroxyl groups excluding tert-OH is 1. The van der Waals surface area contributed by atoms with Crippen LogP contribution in [0.1, 0.15) is 51.2 Å². The van der Waals surface area contributed by atoms with Gasteiger partial charge in [0.1, 0.15) is 18.5 Å². The molecule has 1 fully saturated rings. The fourth-order valence-electron chi connectivity index (χ4n) is 3.87. The number of hydrogen-bond acceptors (Lipinski definition) is 3. The van der Waals surface area contributed by atoms with Crippen molar-refractivity contribution in [3.63, 3.8) is 0 Å². The van der Waals surface area contributed by atoms with Crippen LogP contribution < -0.4 is 4.74 Å². The third-order valence-electron chi connectivity index (χ3n) is 4.72. The molecule has 4 heteroatoms. The van der Waals surface area contributed by atoms with E-state index in [2.05, 4.69) is 51.7 Å². The van der Waals surface area contributed by atoms with Gasteiger partial charge in [-0.15, -0.1) is 12.4 Å². The lowest BCUT2D eigenvalue weighted by Crippen LogP contribution is -2.44. The van der Waals surface area contributed by atoms with Crippen molar-refractivity contribution in [1.29, 1.82) is 0 Å². The molecular formula is C20H34ClNO2. The Kier molecular flexibility index (Phi) is 8.55. The zero-order chi connectivity index (χ0) is 17.0. The molecule has 1 saturated heterocycles. The molecule has 0 radical (unpaired) electrons. The number of rotatable bonds is 6. The standard InChI is InChI=1S/C20H33NO2.ClH/c1-14(2)20-7-6-19(9-17(20)5)23-13-18(22)12-21-10-15(3)8-16(4)11-21;/h6-7,9,14-16,18,22H,8,10-13H2,1-5H3;1H. The van der Waals surface area contributed by atoms with Crippen molar-refractivity contribution < 1.29 is 9.84 Å². The molecule has 0 amide bonds. The Labute approximate surface area is 153 Å². The summed E-state index contributed by atoms with van der Waals surface area (Å²) in [5.74, 6) is 2.82. The molecular weight excluding hydrogens is 322 g/mol. The second kappa shape index (κ2) is 9.65. The molecule has 24 heavy (non-hydrogen) atoms. The summed E-state index contributed by atoms with van der Waals surface area (Å²) in [6.07, 6.45) is 0.863. The Bertz CT molecular complexity index is 496. The molecule has 1 aliphatic heterocycles. The van der Waals surface area contributed by atoms with Gasteiger partial charge in [-0.3, -0.25) is 0 Å². The van der Waals surface area contributed by atoms with Gasteiger partial charge in [0.05, 0.1) is 0 Å². The van der Waals surface area contributed by atoms with E-state index in [1.54, 1.807) is 0 Å². The lowest BCUT2D eigenvalue weighted by atomic mass is 9.92. The van der Waals surface area contributed by atoms with Crippen LogP contribution in [0, 0.1) is 18.8 Å². The first kappa shape index (κ1) is 21.3. The van der Waals surface area contributed by atoms with E-state index >= 15 is 0 Å². The average Bonchev–Trinajstić information content (AvgIpc) is 2.43. The average molecular weight is 356 g/mol. The summed E-state index contributed by atoms with van der Waals surface area (Å²) in [5, 5.41) is 10.3. The molecule has 0 aromatic heterocycles. The molecule has 0 spiro atoms. The monoisotopic (exact) mass is 355 g/mol. The Balaban J connectivity index is 0.00000288. The number of halogens is 1. The van der Waals surface area contributed by atoms with Gasteiger partial charge >= 0.3 is 0 Å². The molecule has 1 N–H and O–H groups in total. The van der Waals surface area contributed by atoms with Crippen LogP contribution in [0.25, 0.3) is 0 Å². The predicted octanol–water partition coefficient (Wildman–Crippen LogP) is 4.26. The highest BCUT2D eigenvalue weighted by atomic mass is 35.5. The number of aryl methyl sites for hydroxylation is 1. The molecule has 2 rings (SSSR count). The van der Waals surface area contributed by atoms with Crippen LogP contribution in [0.4, 0.5) is 0 Å². The van der Waals surface area contributed by atoms with Crippen molar-refractivity contribution in [1.82, 2.24) is 4.90 Å². The smallest absolute Gasteiger partial charge is 0.119 e. The van der Waals surface area contributed by atoms with Crippen molar-refractivity contribution in [2.45, 2.75) is 53.1 Å². The summed E-state index contributed by atoms with van der Waals surface area (Å²) < 4.78 is 5.80. The Morgan fingerprint density at radius 3 is 2.38 bits per heavy atom. The molecule has 0 aliphatic carbocycles. The van der Waals surface area contributed by atoms with Gasteiger partial charge in [-0.25, -0.2) is 0 Å². The number of piperidine rings is 1. The first-order chi connectivity index (χ1) is 10.8. The minimum Gasteiger partial charge on any atom is -0.491 e. The lowest BCUT2D eigenvalue weighted by molar-refractivity contribution is 0.0429. The molecule has 1 aromatic carbocycles. The number of likely N-dealkylation sites (tertiary alicyclic amines) is 1. The van der Waals surface area contributed by atoms with Crippen LogP contribution >= 0.6 is 12.4 Å². The van der Waals surface area contributed by atoms with E-state index in [0.29, 0.717) is 19.1 Å². The number of aliphatic hydroxyl groups is 1. The number of nitrogens with zero attached hydrogens (tertiary/aromatic N) is 1. The van der Waals surface area contributed by atoms with Gasteiger partial charge in [-0.1, -0.05) is 33.8 Å². The zero-order valence-corrected chi connectivity index (χ0v) is 16.6. The number of hydrogen-bond donors (Lipinski definition) is 1. The highest BCUT2D eigenvalue weighted by Crippen LogP contribution is 2.24. The number of benzene rings is 1. The third kappa shape index (κ3) is 6.27. The molecule has 1 heterocycles. The summed E-state index contributed by atoms with van der Waals surface area (Å²) in [5.41, 5.74) is 2.61. The van der Waals surface area contributed by atoms with Crippen molar-refractivity contribution in [3.8, 4) is 5.75 Å². The Morgan fingerprint density at radius 1 is 1.21 bits per heavy atom. The molecule has 1 aromatic rings. The summed E-state index contributed by atoms with van der Waals surface area (Å²) in [6.45, 7) is 14.4. The number of β-amino-alcohol motifs (C(OH)–C–C–N with tert-alkyl or cyclic N) is 1. The third-order valence-corrected chi connectivity index (χ3v) is 4.72. The van der Waals surface area contributed by atoms with E-state index in [9.17, 15) is 5.11 Å². The largest absolute Gasteiger partial charge is 0.491 e. The minimum atomic E-state index is -0.433. The molecule has 0 saturated carbocycles. The molecule has 1 aliphatic rings. The predicted molar refractivity (Wildman–Crippen MR) is 103 cm³/mol. The first-order valence-corrected chi connectivity index (χ1v) is 8.99. The van der Waals surface area contributed by atoms with Crippen molar-refractivity contribution >= 4 is 12.4 Å². The Hall–Kier alpha value is -0.770. The van der Waals surface area contributed by atoms with Crippen molar-refractivity contribution in [2.24, 2.45) is 11.8 Å². The quantitative estimate of drug-likeness (QED) is 0.827. The van der Waals surface area contributed by atoms with Gasteiger partial charge < -0.3 is 14.7 Å². The molecule has 3 nitrogen and oxygen atoms in total. The van der Waals surface area contributed by atoms with Crippen LogP contribution in [0.2, 0.25) is 0 Å². The van der Waals surface area contributed by atoms with E-state index in [1.165, 1.54) is 17.5 Å². The summed E-state index contributed by atoms with van der Waals surface area (Å²) in [4.78, 5) is 2.37. The summed E-state index contributed by atoms with van der Waals surface area (Å²) in [7, 11) is 0. The maximum absolute atomic E-state index is 10.3. The normalized spacial score (nSPS) is 23.0. The van der Waals surface area contributed by atoms with Gasteiger partial charge in [-0.2, -0.15) is 0 Å². The summed E-state index contributed by atoms with van der Waals surface area (Å²) >= 11 is 0. The lowest BCUT2D eigenvalue weighted by Gasteiger charge is -2.35. The second-order valence-corrected chi connectivity index (χ2v) is 7.80. The van der Waals surface area contributed by atoms with Crippen LogP contribution in [0.5, 0.6) is 5.75 Å². The second-order valence-electron chi connectivity index (χ2n) is 7.80. The van der Waals surface area contributed by atoms with E-state index in [4.69, 9.17) is 4.74 Å². The highest BCUT2D eigenvalue weighted by Gasteiger charge is 2.23. The SMILES string of the molecule is Cc1cc(OCC(O)CN2CC(C)CC(C)C2)ccc1C(C)C.Cl. The molecule has 138 valence electrons. The fraction of sp³-hybridized carbons (Fsp3) is 0.700. The van der Waals surface area contributed by atoms with Gasteiger partial charge in [0, 0.05) is 19.6 Å². The zero-order valence-electron chi connectivity index (χ0n) is 15.8. The number of ether oxygens (including phenoxy) is 1. The maximum Gasteiger partial charge on any atom is 0.119 e. The maximum atomic E-state index is 10.3. The fourth-order valence-corrected chi connectivity index (χ4v) is 3.87. The van der Waals surface area contributed by atoms with E-state index in [-0.39, 0.29) is 12.4 Å². The minimum absolute atomic E-state index is 0. The highest BCUT2D eigenvalue weighted by molar-refractivity contribution is 5.85. The van der Waals surface area contributed by atoms with E-state index in [0.717, 1.165) is 30.7 Å². The topological polar surface area (TPSA) is 32.7 Å². The Morgan fingerprint density at radius 2 is 1.83 bits per heavy atom. The first-order valence-electron chi connectivity index (χ1n) is 8.99. The van der Waals surface area contributed by atoms with Gasteiger partial charge in [0.25, 0.3) is 0 Å². The van der Waals surface area contributed by atoms with Crippen LogP contribution in [0.3, 0.4) is 0 Å². The summed E-state index contributed by atoms with van der Waals surface area (Å²) in [6, 6.07) is 6.23. The van der Waals surface area contributed by atoms with E-state index in [1.807, 2.05) is 6.07 Å². The molecule has 3 atom stereocenters. The van der Waals surface area contributed by atoms with Gasteiger partial charge in [-0.05, 0) is 54.4 Å². The molecule has 3 unspecified atom stereocenters. The van der Waals surface area contributed by atoms with Gasteiger partial charge in [0.15, 0.2) is 0 Å². The van der Waals surface area contributed by atoms with Crippen LogP contribution in [-0.4, -0.2) is 42.4 Å². The van der Waals surface area contributed by atoms with Crippen molar-refractivity contribution in [3.05, 3.63) is 29.3 Å². The molecule has 0 bridgehead atoms. The van der Waals surface area contributed by atoms with E-state index < -0.39 is 6.10 Å². The van der Waals surface area contributed by atoms with Crippen molar-refractivity contribution in [2.75, 3.05) is 26.2 Å².